The molecule has 0 aliphatic rings. The smallest absolute Gasteiger partial charge is 0.304 e. The summed E-state index contributed by atoms with van der Waals surface area (Å²) in [7, 11) is -0.661. The number of hydrogen-bond donors (Lipinski definition) is 2. The highest BCUT2D eigenvalue weighted by atomic mass is 32.2. The van der Waals surface area contributed by atoms with E-state index in [1.54, 1.807) is 25.3 Å². The normalized spacial score (nSPS) is 11.6. The molecular formula is C11H15N5O3S. The van der Waals surface area contributed by atoms with Gasteiger partial charge < -0.3 is 4.74 Å². The minimum Gasteiger partial charge on any atom is -0.497 e. The van der Waals surface area contributed by atoms with Gasteiger partial charge >= 0.3 is 10.2 Å². The van der Waals surface area contributed by atoms with E-state index in [0.717, 1.165) is 5.56 Å². The number of rotatable bonds is 6. The number of nitrogens with one attached hydrogen (secondary N) is 2. The average molecular weight is 297 g/mol. The second-order valence-electron chi connectivity index (χ2n) is 4.05. The van der Waals surface area contributed by atoms with E-state index in [-0.39, 0.29) is 12.5 Å². The molecule has 2 aromatic rings. The van der Waals surface area contributed by atoms with Crippen LogP contribution in [0.4, 0.5) is 5.95 Å². The van der Waals surface area contributed by atoms with Gasteiger partial charge in [0, 0.05) is 13.6 Å². The number of aromatic amines is 1. The Balaban J connectivity index is 2.08. The fraction of sp³-hybridized carbons (Fsp3) is 0.273. The summed E-state index contributed by atoms with van der Waals surface area (Å²) in [5.74, 6) is 0.749. The summed E-state index contributed by atoms with van der Waals surface area (Å²) in [6.07, 6.45) is 1.22. The van der Waals surface area contributed by atoms with Gasteiger partial charge in [0.25, 0.3) is 0 Å². The minimum absolute atomic E-state index is 0.0718. The van der Waals surface area contributed by atoms with Crippen molar-refractivity contribution < 1.29 is 13.2 Å². The quantitative estimate of drug-likeness (QED) is 0.813. The molecule has 0 saturated heterocycles. The van der Waals surface area contributed by atoms with E-state index in [1.165, 1.54) is 17.7 Å². The molecule has 0 atom stereocenters. The molecule has 0 aliphatic heterocycles. The van der Waals surface area contributed by atoms with Crippen LogP contribution in [0.3, 0.4) is 0 Å². The molecule has 1 aromatic carbocycles. The first kappa shape index (κ1) is 14.3. The summed E-state index contributed by atoms with van der Waals surface area (Å²) in [5.41, 5.74) is 0.815. The zero-order chi connectivity index (χ0) is 14.6. The van der Waals surface area contributed by atoms with Crippen molar-refractivity contribution in [2.45, 2.75) is 6.54 Å². The Bertz CT molecular complexity index is 656. The van der Waals surface area contributed by atoms with Crippen LogP contribution in [0.1, 0.15) is 5.56 Å². The maximum Gasteiger partial charge on any atom is 0.304 e. The number of aromatic nitrogens is 3. The van der Waals surface area contributed by atoms with E-state index in [1.807, 2.05) is 6.07 Å². The molecule has 2 rings (SSSR count). The Kier molecular flexibility index (Phi) is 4.20. The molecule has 0 unspecified atom stereocenters. The topological polar surface area (TPSA) is 100 Å². The third-order valence-corrected chi connectivity index (χ3v) is 3.99. The number of benzene rings is 1. The number of methoxy groups -OCH3 is 1. The summed E-state index contributed by atoms with van der Waals surface area (Å²) in [4.78, 5) is 3.71. The number of hydrogen-bond acceptors (Lipinski definition) is 5. The van der Waals surface area contributed by atoms with Gasteiger partial charge in [-0.25, -0.2) is 9.82 Å². The van der Waals surface area contributed by atoms with Gasteiger partial charge in [0.1, 0.15) is 12.1 Å². The van der Waals surface area contributed by atoms with Crippen molar-refractivity contribution in [2.24, 2.45) is 0 Å². The maximum absolute atomic E-state index is 12.1. The molecule has 0 radical (unpaired) electrons. The van der Waals surface area contributed by atoms with Gasteiger partial charge in [-0.15, -0.1) is 0 Å². The van der Waals surface area contributed by atoms with Crippen LogP contribution in [0.25, 0.3) is 0 Å². The van der Waals surface area contributed by atoms with Crippen LogP contribution >= 0.6 is 0 Å². The van der Waals surface area contributed by atoms with E-state index in [9.17, 15) is 8.42 Å². The summed E-state index contributed by atoms with van der Waals surface area (Å²) >= 11 is 0. The number of anilines is 1. The van der Waals surface area contributed by atoms with Crippen molar-refractivity contribution >= 4 is 16.2 Å². The molecule has 9 heteroatoms. The van der Waals surface area contributed by atoms with Gasteiger partial charge in [-0.3, -0.25) is 0 Å². The predicted molar refractivity (Wildman–Crippen MR) is 73.4 cm³/mol. The Morgan fingerprint density at radius 1 is 1.45 bits per heavy atom. The lowest BCUT2D eigenvalue weighted by molar-refractivity contribution is 0.412. The first-order chi connectivity index (χ1) is 9.51. The van der Waals surface area contributed by atoms with Gasteiger partial charge in [0.2, 0.25) is 5.95 Å². The molecule has 1 aromatic heterocycles. The van der Waals surface area contributed by atoms with Gasteiger partial charge in [0.15, 0.2) is 0 Å². The molecule has 0 saturated carbocycles. The molecule has 0 amide bonds. The van der Waals surface area contributed by atoms with E-state index in [4.69, 9.17) is 4.74 Å². The molecule has 108 valence electrons. The molecule has 20 heavy (non-hydrogen) atoms. The second-order valence-corrected chi connectivity index (χ2v) is 5.83. The van der Waals surface area contributed by atoms with Crippen LogP contribution in [0.5, 0.6) is 5.75 Å². The summed E-state index contributed by atoms with van der Waals surface area (Å²) in [5, 5.41) is 6.01. The van der Waals surface area contributed by atoms with E-state index < -0.39 is 10.2 Å². The second kappa shape index (κ2) is 5.88. The van der Waals surface area contributed by atoms with E-state index in [2.05, 4.69) is 19.9 Å². The van der Waals surface area contributed by atoms with Gasteiger partial charge in [-0.1, -0.05) is 12.1 Å². The Labute approximate surface area is 117 Å². The SMILES string of the molecule is COc1cccc(CN(C)S(=O)(=O)Nc2ncn[nH]2)c1. The first-order valence-electron chi connectivity index (χ1n) is 5.73. The van der Waals surface area contributed by atoms with Crippen molar-refractivity contribution in [1.29, 1.82) is 0 Å². The fourth-order valence-corrected chi connectivity index (χ4v) is 2.39. The van der Waals surface area contributed by atoms with E-state index in [0.29, 0.717) is 5.75 Å². The van der Waals surface area contributed by atoms with Gasteiger partial charge in [-0.2, -0.15) is 22.8 Å². The molecule has 0 fully saturated rings. The highest BCUT2D eigenvalue weighted by Gasteiger charge is 2.19. The van der Waals surface area contributed by atoms with Crippen LogP contribution in [0.2, 0.25) is 0 Å². The van der Waals surface area contributed by atoms with Crippen molar-refractivity contribution in [3.8, 4) is 5.75 Å². The fourth-order valence-electron chi connectivity index (χ4n) is 1.57. The molecule has 8 nitrogen and oxygen atoms in total. The third-order valence-electron chi connectivity index (χ3n) is 2.59. The Hall–Kier alpha value is -2.13. The van der Waals surface area contributed by atoms with Crippen molar-refractivity contribution in [1.82, 2.24) is 19.5 Å². The first-order valence-corrected chi connectivity index (χ1v) is 7.17. The highest BCUT2D eigenvalue weighted by molar-refractivity contribution is 7.90. The predicted octanol–water partition coefficient (Wildman–Crippen LogP) is 0.602. The highest BCUT2D eigenvalue weighted by Crippen LogP contribution is 2.15. The Morgan fingerprint density at radius 3 is 2.90 bits per heavy atom. The van der Waals surface area contributed by atoms with E-state index >= 15 is 0 Å². The van der Waals surface area contributed by atoms with Crippen LogP contribution < -0.4 is 9.46 Å². The lowest BCUT2D eigenvalue weighted by Gasteiger charge is -2.17. The lowest BCUT2D eigenvalue weighted by atomic mass is 10.2. The molecule has 0 aliphatic carbocycles. The number of ether oxygens (including phenoxy) is 1. The standard InChI is InChI=1S/C11H15N5O3S/c1-16(7-9-4-3-5-10(6-9)19-2)20(17,18)15-11-12-8-13-14-11/h3-6,8H,7H2,1-2H3,(H2,12,13,14,15). The summed E-state index contributed by atoms with van der Waals surface area (Å²) in [6, 6.07) is 7.20. The van der Waals surface area contributed by atoms with Gasteiger partial charge in [-0.05, 0) is 17.7 Å². The van der Waals surface area contributed by atoms with Crippen molar-refractivity contribution in [2.75, 3.05) is 18.9 Å². The third kappa shape index (κ3) is 3.45. The monoisotopic (exact) mass is 297 g/mol. The number of H-pyrrole nitrogens is 1. The zero-order valence-corrected chi connectivity index (χ0v) is 11.9. The summed E-state index contributed by atoms with van der Waals surface area (Å²) in [6.45, 7) is 0.209. The largest absolute Gasteiger partial charge is 0.497 e. The van der Waals surface area contributed by atoms with Crippen LogP contribution in [0, 0.1) is 0 Å². The average Bonchev–Trinajstić information content (AvgIpc) is 2.91. The maximum atomic E-state index is 12.1. The van der Waals surface area contributed by atoms with Crippen LogP contribution in [0.15, 0.2) is 30.6 Å². The van der Waals surface area contributed by atoms with Crippen molar-refractivity contribution in [3.63, 3.8) is 0 Å². The van der Waals surface area contributed by atoms with Gasteiger partial charge in [0.05, 0.1) is 7.11 Å². The zero-order valence-electron chi connectivity index (χ0n) is 11.1. The molecule has 2 N–H and O–H groups in total. The summed E-state index contributed by atoms with van der Waals surface area (Å²) < 4.78 is 32.7. The molecule has 0 spiro atoms. The molecular weight excluding hydrogens is 282 g/mol. The lowest BCUT2D eigenvalue weighted by Crippen LogP contribution is -2.32. The molecule has 0 bridgehead atoms. The van der Waals surface area contributed by atoms with Crippen LogP contribution in [-0.2, 0) is 16.8 Å². The van der Waals surface area contributed by atoms with Crippen molar-refractivity contribution in [3.05, 3.63) is 36.2 Å². The Morgan fingerprint density at radius 2 is 2.25 bits per heavy atom. The number of nitrogens with zero attached hydrogens (tertiary/aromatic N) is 3. The van der Waals surface area contributed by atoms with Crippen LogP contribution in [-0.4, -0.2) is 42.1 Å². The minimum atomic E-state index is -3.69. The molecule has 1 heterocycles.